The first-order chi connectivity index (χ1) is 35.8. The molecule has 72 heavy (non-hydrogen) atoms. The Bertz CT molecular complexity index is 4060. The molecule has 334 valence electrons. The zero-order valence-electron chi connectivity index (χ0n) is 39.6. The van der Waals surface area contributed by atoms with Crippen LogP contribution < -0.4 is 0 Å². The molecule has 0 aliphatic rings. The van der Waals surface area contributed by atoms with Gasteiger partial charge in [0.15, 0.2) is 0 Å². The Kier molecular flexibility index (Phi) is 9.96. The minimum atomic E-state index is 1.20. The van der Waals surface area contributed by atoms with Crippen LogP contribution in [0.5, 0.6) is 0 Å². The summed E-state index contributed by atoms with van der Waals surface area (Å²) < 4.78 is 0. The lowest BCUT2D eigenvalue weighted by Crippen LogP contribution is -1.96. The van der Waals surface area contributed by atoms with E-state index in [0.29, 0.717) is 0 Å². The van der Waals surface area contributed by atoms with E-state index in [1.54, 1.807) is 0 Å². The summed E-state index contributed by atoms with van der Waals surface area (Å²) in [6.45, 7) is 0. The van der Waals surface area contributed by atoms with Crippen LogP contribution in [0, 0.1) is 0 Å². The Morgan fingerprint density at radius 2 is 0.361 bits per heavy atom. The van der Waals surface area contributed by atoms with Gasteiger partial charge in [-0.05, 0) is 155 Å². The second-order valence-corrected chi connectivity index (χ2v) is 19.0. The number of fused-ring (bicyclic) bond motifs is 2. The standard InChI is InChI=1S/C72H46/c1-5-21-47(22-6-1)51-29-13-15-33-57(51)67-45-69(61-39-37-53(49-25-9-3-10-26-49)55-31-17-19-35-59(55)61)65-44-42-64-68(58-34-16-14-30-52(58)48-23-7-2-8-24-48)46-70(66-43-41-63(67)71(65)72(64)66)62-40-38-54(50-27-11-4-12-28-50)56-32-18-20-36-60(56)62/h1-46H. The molecule has 0 bridgehead atoms. The maximum Gasteiger partial charge on any atom is -0.00139 e. The van der Waals surface area contributed by atoms with Crippen LogP contribution in [-0.4, -0.2) is 0 Å². The number of hydrogen-bond donors (Lipinski definition) is 0. The zero-order valence-corrected chi connectivity index (χ0v) is 39.6. The molecule has 0 saturated heterocycles. The van der Waals surface area contributed by atoms with Crippen LogP contribution in [0.4, 0.5) is 0 Å². The molecule has 0 amide bonds. The Morgan fingerprint density at radius 1 is 0.125 bits per heavy atom. The lowest BCUT2D eigenvalue weighted by Gasteiger charge is -2.24. The van der Waals surface area contributed by atoms with Gasteiger partial charge in [0.25, 0.3) is 0 Å². The van der Waals surface area contributed by atoms with Gasteiger partial charge < -0.3 is 0 Å². The van der Waals surface area contributed by atoms with Crippen molar-refractivity contribution in [2.45, 2.75) is 0 Å². The fourth-order valence-electron chi connectivity index (χ4n) is 11.9. The Morgan fingerprint density at radius 3 is 0.694 bits per heavy atom. The van der Waals surface area contributed by atoms with E-state index in [1.807, 2.05) is 0 Å². The average Bonchev–Trinajstić information content (AvgIpc) is 3.47. The van der Waals surface area contributed by atoms with Gasteiger partial charge in [-0.2, -0.15) is 0 Å². The third-order valence-electron chi connectivity index (χ3n) is 15.1. The molecule has 0 radical (unpaired) electrons. The highest BCUT2D eigenvalue weighted by molar-refractivity contribution is 6.33. The van der Waals surface area contributed by atoms with Crippen LogP contribution in [0.2, 0.25) is 0 Å². The van der Waals surface area contributed by atoms with Gasteiger partial charge in [-0.15, -0.1) is 0 Å². The Hall–Kier alpha value is -9.36. The molecule has 0 spiro atoms. The Labute approximate surface area is 419 Å². The van der Waals surface area contributed by atoms with Crippen molar-refractivity contribution in [3.05, 3.63) is 279 Å². The molecular weight excluding hydrogens is 865 g/mol. The molecule has 0 heteroatoms. The van der Waals surface area contributed by atoms with Gasteiger partial charge in [0.2, 0.25) is 0 Å². The van der Waals surface area contributed by atoms with Crippen molar-refractivity contribution in [3.63, 3.8) is 0 Å². The summed E-state index contributed by atoms with van der Waals surface area (Å²) in [4.78, 5) is 0. The molecule has 0 heterocycles. The summed E-state index contributed by atoms with van der Waals surface area (Å²) in [5.41, 5.74) is 19.5. The molecule has 0 N–H and O–H groups in total. The van der Waals surface area contributed by atoms with E-state index in [0.717, 1.165) is 0 Å². The van der Waals surface area contributed by atoms with Gasteiger partial charge in [-0.3, -0.25) is 0 Å². The van der Waals surface area contributed by atoms with E-state index in [9.17, 15) is 0 Å². The first kappa shape index (κ1) is 41.6. The number of benzene rings is 14. The number of hydrogen-bond acceptors (Lipinski definition) is 0. The van der Waals surface area contributed by atoms with E-state index in [1.165, 1.54) is 143 Å². The fraction of sp³-hybridized carbons (Fsp3) is 0. The summed E-state index contributed by atoms with van der Waals surface area (Å²) >= 11 is 0. The van der Waals surface area contributed by atoms with E-state index < -0.39 is 0 Å². The van der Waals surface area contributed by atoms with E-state index in [-0.39, 0.29) is 0 Å². The van der Waals surface area contributed by atoms with E-state index in [2.05, 4.69) is 279 Å². The molecule has 0 nitrogen and oxygen atoms in total. The summed E-state index contributed by atoms with van der Waals surface area (Å²) in [5.74, 6) is 0. The minimum absolute atomic E-state index is 1.20. The molecule has 0 aliphatic heterocycles. The van der Waals surface area contributed by atoms with Crippen LogP contribution in [0.15, 0.2) is 279 Å². The van der Waals surface area contributed by atoms with Crippen LogP contribution >= 0.6 is 0 Å². The quantitative estimate of drug-likeness (QED) is 0.133. The van der Waals surface area contributed by atoms with Gasteiger partial charge in [0, 0.05) is 0 Å². The summed E-state index contributed by atoms with van der Waals surface area (Å²) in [7, 11) is 0. The van der Waals surface area contributed by atoms with Crippen molar-refractivity contribution in [3.8, 4) is 89.0 Å². The molecule has 0 unspecified atom stereocenters. The maximum atomic E-state index is 2.50. The predicted molar refractivity (Wildman–Crippen MR) is 309 cm³/mol. The second kappa shape index (κ2) is 17.2. The number of rotatable bonds is 8. The van der Waals surface area contributed by atoms with Crippen LogP contribution in [0.3, 0.4) is 0 Å². The highest BCUT2D eigenvalue weighted by atomic mass is 14.3. The molecule has 14 aromatic rings. The SMILES string of the molecule is c1ccc(-c2ccccc2-c2cc(-c3ccc(-c4ccccc4)c4ccccc34)c3ccc4c(-c5ccccc5-c5ccccc5)cc(-c5ccc(-c6ccccc6)c6ccccc56)c5ccc2c3c45)cc1. The van der Waals surface area contributed by atoms with E-state index in [4.69, 9.17) is 0 Å². The highest BCUT2D eigenvalue weighted by Gasteiger charge is 2.25. The first-order valence-corrected chi connectivity index (χ1v) is 25.0. The predicted octanol–water partition coefficient (Wildman–Crippen LogP) is 20.2. The molecule has 0 fully saturated rings. The highest BCUT2D eigenvalue weighted by Crippen LogP contribution is 2.52. The van der Waals surface area contributed by atoms with Gasteiger partial charge in [-0.25, -0.2) is 0 Å². The average molecular weight is 911 g/mol. The van der Waals surface area contributed by atoms with Crippen LogP contribution in [0.1, 0.15) is 0 Å². The summed E-state index contributed by atoms with van der Waals surface area (Å²) in [6, 6.07) is 103. The minimum Gasteiger partial charge on any atom is -0.0622 e. The molecule has 0 atom stereocenters. The first-order valence-electron chi connectivity index (χ1n) is 25.0. The van der Waals surface area contributed by atoms with Crippen molar-refractivity contribution in [1.29, 1.82) is 0 Å². The normalized spacial score (nSPS) is 11.6. The molecular formula is C72H46. The molecule has 0 aromatic heterocycles. The van der Waals surface area contributed by atoms with E-state index >= 15 is 0 Å². The smallest absolute Gasteiger partial charge is 0.00139 e. The van der Waals surface area contributed by atoms with Gasteiger partial charge in [-0.1, -0.05) is 267 Å². The zero-order chi connectivity index (χ0) is 47.5. The van der Waals surface area contributed by atoms with Crippen LogP contribution in [-0.2, 0) is 0 Å². The van der Waals surface area contributed by atoms with Gasteiger partial charge >= 0.3 is 0 Å². The largest absolute Gasteiger partial charge is 0.0622 e. The van der Waals surface area contributed by atoms with Gasteiger partial charge in [0.05, 0.1) is 0 Å². The lowest BCUT2D eigenvalue weighted by molar-refractivity contribution is 1.59. The van der Waals surface area contributed by atoms with Crippen LogP contribution in [0.25, 0.3) is 143 Å². The topological polar surface area (TPSA) is 0 Å². The van der Waals surface area contributed by atoms with Crippen molar-refractivity contribution in [1.82, 2.24) is 0 Å². The third kappa shape index (κ3) is 6.76. The molecule has 0 aliphatic carbocycles. The van der Waals surface area contributed by atoms with Crippen molar-refractivity contribution < 1.29 is 0 Å². The summed E-state index contributed by atoms with van der Waals surface area (Å²) in [6.07, 6.45) is 0. The molecule has 0 saturated carbocycles. The van der Waals surface area contributed by atoms with Crippen molar-refractivity contribution in [2.75, 3.05) is 0 Å². The molecule has 14 aromatic carbocycles. The summed E-state index contributed by atoms with van der Waals surface area (Å²) in [5, 5.41) is 12.5. The molecule has 14 rings (SSSR count). The van der Waals surface area contributed by atoms with Gasteiger partial charge in [0.1, 0.15) is 0 Å². The van der Waals surface area contributed by atoms with Crippen molar-refractivity contribution in [2.24, 2.45) is 0 Å². The van der Waals surface area contributed by atoms with Crippen molar-refractivity contribution >= 4 is 53.9 Å². The second-order valence-electron chi connectivity index (χ2n) is 19.0. The fourth-order valence-corrected chi connectivity index (χ4v) is 11.9. The maximum absolute atomic E-state index is 2.50. The lowest BCUT2D eigenvalue weighted by atomic mass is 9.79. The monoisotopic (exact) mass is 910 g/mol. The third-order valence-corrected chi connectivity index (χ3v) is 15.1. The Balaban J connectivity index is 1.15.